The summed E-state index contributed by atoms with van der Waals surface area (Å²) in [4.78, 5) is 2.39. The summed E-state index contributed by atoms with van der Waals surface area (Å²) in [5, 5.41) is 7.92. The summed E-state index contributed by atoms with van der Waals surface area (Å²) in [6, 6.07) is 16.4. The third-order valence-electron chi connectivity index (χ3n) is 4.09. The van der Waals surface area contributed by atoms with Gasteiger partial charge < -0.3 is 4.74 Å². The lowest BCUT2D eigenvalue weighted by Crippen LogP contribution is -2.37. The summed E-state index contributed by atoms with van der Waals surface area (Å²) >= 11 is 0. The molecule has 0 spiro atoms. The van der Waals surface area contributed by atoms with Crippen LogP contribution in [-0.4, -0.2) is 34.9 Å². The zero-order valence-electron chi connectivity index (χ0n) is 12.2. The minimum atomic E-state index is 0.129. The summed E-state index contributed by atoms with van der Waals surface area (Å²) in [6.45, 7) is 3.38. The van der Waals surface area contributed by atoms with E-state index in [1.54, 1.807) is 0 Å². The Balaban J connectivity index is 1.52. The van der Waals surface area contributed by atoms with Crippen LogP contribution in [0.5, 0.6) is 0 Å². The number of hydrogen-bond acceptors (Lipinski definition) is 5. The molecule has 2 aromatic carbocycles. The third kappa shape index (κ3) is 2.61. The molecule has 1 aliphatic heterocycles. The highest BCUT2D eigenvalue weighted by Crippen LogP contribution is 2.24. The molecule has 0 N–H and O–H groups in total. The highest BCUT2D eigenvalue weighted by atomic mass is 16.6. The molecule has 1 unspecified atom stereocenters. The van der Waals surface area contributed by atoms with Crippen molar-refractivity contribution in [2.75, 3.05) is 19.7 Å². The van der Waals surface area contributed by atoms with E-state index >= 15 is 0 Å². The monoisotopic (exact) mass is 295 g/mol. The highest BCUT2D eigenvalue weighted by Gasteiger charge is 2.22. The Labute approximate surface area is 128 Å². The Kier molecular flexibility index (Phi) is 3.58. The van der Waals surface area contributed by atoms with Crippen LogP contribution in [0.25, 0.3) is 11.0 Å². The second-order valence-electron chi connectivity index (χ2n) is 5.55. The summed E-state index contributed by atoms with van der Waals surface area (Å²) in [5.41, 5.74) is 4.04. The van der Waals surface area contributed by atoms with E-state index in [-0.39, 0.29) is 6.10 Å². The van der Waals surface area contributed by atoms with Crippen molar-refractivity contribution in [2.24, 2.45) is 0 Å². The van der Waals surface area contributed by atoms with Gasteiger partial charge in [0.1, 0.15) is 11.0 Å². The normalized spacial score (nSPS) is 19.5. The van der Waals surface area contributed by atoms with Crippen LogP contribution in [-0.2, 0) is 11.3 Å². The average Bonchev–Trinajstić information content (AvgIpc) is 3.06. The van der Waals surface area contributed by atoms with Crippen LogP contribution < -0.4 is 0 Å². The van der Waals surface area contributed by atoms with Crippen molar-refractivity contribution < 1.29 is 9.37 Å². The maximum Gasteiger partial charge on any atom is 0.139 e. The number of hydrogen-bond donors (Lipinski definition) is 0. The SMILES string of the molecule is c1ccc(C2CN(Cc3cccc4nonc34)CCO2)cc1. The average molecular weight is 295 g/mol. The lowest BCUT2D eigenvalue weighted by molar-refractivity contribution is -0.0328. The standard InChI is InChI=1S/C17H17N3O2/c1-2-5-13(6-3-1)16-12-20(9-10-21-16)11-14-7-4-8-15-17(14)19-22-18-15/h1-8,16H,9-12H2. The zero-order chi connectivity index (χ0) is 14.8. The molecule has 3 aromatic rings. The van der Waals surface area contributed by atoms with Crippen molar-refractivity contribution in [3.05, 3.63) is 59.7 Å². The first-order chi connectivity index (χ1) is 10.9. The highest BCUT2D eigenvalue weighted by molar-refractivity contribution is 5.76. The number of fused-ring (bicyclic) bond motifs is 1. The molecule has 1 aromatic heterocycles. The molecule has 22 heavy (non-hydrogen) atoms. The Morgan fingerprint density at radius 2 is 1.95 bits per heavy atom. The molecule has 5 heteroatoms. The molecule has 1 fully saturated rings. The van der Waals surface area contributed by atoms with E-state index < -0.39 is 0 Å². The van der Waals surface area contributed by atoms with Crippen LogP contribution in [0.3, 0.4) is 0 Å². The second kappa shape index (κ2) is 5.87. The molecule has 0 radical (unpaired) electrons. The Morgan fingerprint density at radius 3 is 2.86 bits per heavy atom. The first-order valence-corrected chi connectivity index (χ1v) is 7.49. The molecule has 2 heterocycles. The summed E-state index contributed by atoms with van der Waals surface area (Å²) < 4.78 is 10.8. The van der Waals surface area contributed by atoms with Crippen LogP contribution in [0.4, 0.5) is 0 Å². The predicted molar refractivity (Wildman–Crippen MR) is 82.2 cm³/mol. The number of morpholine rings is 1. The zero-order valence-corrected chi connectivity index (χ0v) is 12.2. The minimum absolute atomic E-state index is 0.129. The van der Waals surface area contributed by atoms with Gasteiger partial charge in [-0.15, -0.1) is 0 Å². The van der Waals surface area contributed by atoms with Gasteiger partial charge in [0.25, 0.3) is 0 Å². The van der Waals surface area contributed by atoms with Crippen LogP contribution in [0.2, 0.25) is 0 Å². The van der Waals surface area contributed by atoms with Crippen molar-refractivity contribution in [3.63, 3.8) is 0 Å². The van der Waals surface area contributed by atoms with E-state index in [0.29, 0.717) is 0 Å². The van der Waals surface area contributed by atoms with E-state index in [4.69, 9.17) is 9.37 Å². The van der Waals surface area contributed by atoms with E-state index in [0.717, 1.165) is 42.8 Å². The van der Waals surface area contributed by atoms with Gasteiger partial charge in [-0.05, 0) is 27.5 Å². The maximum absolute atomic E-state index is 5.92. The predicted octanol–water partition coefficient (Wildman–Crippen LogP) is 2.80. The topological polar surface area (TPSA) is 51.4 Å². The van der Waals surface area contributed by atoms with Crippen LogP contribution in [0.1, 0.15) is 17.2 Å². The fraction of sp³-hybridized carbons (Fsp3) is 0.294. The van der Waals surface area contributed by atoms with E-state index in [9.17, 15) is 0 Å². The van der Waals surface area contributed by atoms with Crippen molar-refractivity contribution in [2.45, 2.75) is 12.6 Å². The van der Waals surface area contributed by atoms with E-state index in [1.807, 2.05) is 18.2 Å². The van der Waals surface area contributed by atoms with Crippen molar-refractivity contribution in [1.82, 2.24) is 15.2 Å². The van der Waals surface area contributed by atoms with E-state index in [1.165, 1.54) is 5.56 Å². The van der Waals surface area contributed by atoms with Gasteiger partial charge in [-0.25, -0.2) is 4.63 Å². The first kappa shape index (κ1) is 13.4. The quantitative estimate of drug-likeness (QED) is 0.743. The molecule has 1 saturated heterocycles. The third-order valence-corrected chi connectivity index (χ3v) is 4.09. The molecule has 0 saturated carbocycles. The summed E-state index contributed by atoms with van der Waals surface area (Å²) in [5.74, 6) is 0. The maximum atomic E-state index is 5.92. The first-order valence-electron chi connectivity index (χ1n) is 7.49. The van der Waals surface area contributed by atoms with Crippen molar-refractivity contribution in [3.8, 4) is 0 Å². The fourth-order valence-corrected chi connectivity index (χ4v) is 2.95. The van der Waals surface area contributed by atoms with Gasteiger partial charge in [-0.1, -0.05) is 42.5 Å². The van der Waals surface area contributed by atoms with Gasteiger partial charge in [0.05, 0.1) is 12.7 Å². The van der Waals surface area contributed by atoms with Gasteiger partial charge in [0.15, 0.2) is 0 Å². The Morgan fingerprint density at radius 1 is 1.05 bits per heavy atom. The van der Waals surface area contributed by atoms with Gasteiger partial charge in [-0.3, -0.25) is 4.90 Å². The smallest absolute Gasteiger partial charge is 0.139 e. The molecule has 0 amide bonds. The van der Waals surface area contributed by atoms with Crippen LogP contribution in [0, 0.1) is 0 Å². The molecule has 1 atom stereocenters. The Bertz CT molecular complexity index is 757. The summed E-state index contributed by atoms with van der Waals surface area (Å²) in [6.07, 6.45) is 0.129. The van der Waals surface area contributed by atoms with Crippen molar-refractivity contribution in [1.29, 1.82) is 0 Å². The van der Waals surface area contributed by atoms with Crippen LogP contribution in [0.15, 0.2) is 53.2 Å². The molecular weight excluding hydrogens is 278 g/mol. The molecule has 112 valence electrons. The molecule has 5 nitrogen and oxygen atoms in total. The molecule has 0 bridgehead atoms. The lowest BCUT2D eigenvalue weighted by atomic mass is 10.1. The Hall–Kier alpha value is -2.24. The lowest BCUT2D eigenvalue weighted by Gasteiger charge is -2.33. The molecule has 4 rings (SSSR count). The molecule has 1 aliphatic rings. The number of ether oxygens (including phenoxy) is 1. The van der Waals surface area contributed by atoms with Gasteiger partial charge in [-0.2, -0.15) is 0 Å². The number of benzene rings is 2. The minimum Gasteiger partial charge on any atom is -0.371 e. The summed E-state index contributed by atoms with van der Waals surface area (Å²) in [7, 11) is 0. The van der Waals surface area contributed by atoms with E-state index in [2.05, 4.69) is 45.5 Å². The number of rotatable bonds is 3. The fourth-order valence-electron chi connectivity index (χ4n) is 2.95. The van der Waals surface area contributed by atoms with Gasteiger partial charge in [0, 0.05) is 19.6 Å². The largest absolute Gasteiger partial charge is 0.371 e. The van der Waals surface area contributed by atoms with Crippen molar-refractivity contribution >= 4 is 11.0 Å². The van der Waals surface area contributed by atoms with Gasteiger partial charge >= 0.3 is 0 Å². The van der Waals surface area contributed by atoms with Crippen LogP contribution >= 0.6 is 0 Å². The molecular formula is C17H17N3O2. The van der Waals surface area contributed by atoms with Gasteiger partial charge in [0.2, 0.25) is 0 Å². The molecule has 0 aliphatic carbocycles. The number of nitrogens with zero attached hydrogens (tertiary/aromatic N) is 3. The second-order valence-corrected chi connectivity index (χ2v) is 5.55. The number of aromatic nitrogens is 2.